The van der Waals surface area contributed by atoms with Gasteiger partial charge in [0.2, 0.25) is 0 Å². The normalized spacial score (nSPS) is 11.4. The molecule has 0 atom stereocenters. The van der Waals surface area contributed by atoms with Crippen LogP contribution in [0.4, 0.5) is 4.39 Å². The van der Waals surface area contributed by atoms with Crippen molar-refractivity contribution in [2.75, 3.05) is 7.05 Å². The predicted molar refractivity (Wildman–Crippen MR) is 93.8 cm³/mol. The van der Waals surface area contributed by atoms with Gasteiger partial charge in [0.15, 0.2) is 5.76 Å². The van der Waals surface area contributed by atoms with E-state index in [2.05, 4.69) is 10.5 Å². The molecule has 0 unspecified atom stereocenters. The molecule has 1 aromatic heterocycles. The zero-order valence-electron chi connectivity index (χ0n) is 13.5. The Labute approximate surface area is 143 Å². The Kier molecular flexibility index (Phi) is 4.61. The molecule has 0 aliphatic rings. The van der Waals surface area contributed by atoms with Gasteiger partial charge in [0.1, 0.15) is 17.1 Å². The van der Waals surface area contributed by atoms with Gasteiger partial charge in [-0.05, 0) is 29.8 Å². The predicted octanol–water partition coefficient (Wildman–Crippen LogP) is 3.30. The fraction of sp³-hybridized carbons (Fsp3) is 0.0526. The molecule has 2 aromatic carbocycles. The maximum atomic E-state index is 13.1. The molecule has 126 valence electrons. The van der Waals surface area contributed by atoms with Crippen molar-refractivity contribution in [1.82, 2.24) is 10.5 Å². The monoisotopic (exact) mass is 337 g/mol. The topological polar surface area (TPSA) is 81.2 Å². The molecule has 0 saturated carbocycles. The van der Waals surface area contributed by atoms with Crippen LogP contribution in [0.25, 0.3) is 23.0 Å². The van der Waals surface area contributed by atoms with Crippen LogP contribution in [0, 0.1) is 5.82 Å². The summed E-state index contributed by atoms with van der Waals surface area (Å²) < 4.78 is 18.5. The molecule has 0 saturated heterocycles. The molecular formula is C19H16FN3O2. The average Bonchev–Trinajstić information content (AvgIpc) is 3.06. The third kappa shape index (κ3) is 3.42. The molecule has 0 aliphatic heterocycles. The molecule has 1 heterocycles. The van der Waals surface area contributed by atoms with Gasteiger partial charge in [-0.25, -0.2) is 4.39 Å². The van der Waals surface area contributed by atoms with Gasteiger partial charge in [-0.15, -0.1) is 0 Å². The van der Waals surface area contributed by atoms with E-state index in [-0.39, 0.29) is 23.0 Å². The fourth-order valence-corrected chi connectivity index (χ4v) is 2.41. The fourth-order valence-electron chi connectivity index (χ4n) is 2.41. The smallest absolute Gasteiger partial charge is 0.257 e. The van der Waals surface area contributed by atoms with Crippen molar-refractivity contribution in [3.05, 3.63) is 77.3 Å². The maximum absolute atomic E-state index is 13.1. The van der Waals surface area contributed by atoms with Gasteiger partial charge in [-0.2, -0.15) is 0 Å². The SMILES string of the molecule is CNC(=O)c1c(-c2ccc(F)cc2)noc1C=C(N)c1ccccc1. The summed E-state index contributed by atoms with van der Waals surface area (Å²) in [5.41, 5.74) is 8.47. The molecule has 3 aromatic rings. The van der Waals surface area contributed by atoms with Gasteiger partial charge in [0, 0.05) is 24.4 Å². The largest absolute Gasteiger partial charge is 0.398 e. The lowest BCUT2D eigenvalue weighted by Crippen LogP contribution is -2.19. The zero-order chi connectivity index (χ0) is 17.8. The molecular weight excluding hydrogens is 321 g/mol. The number of nitrogens with zero attached hydrogens (tertiary/aromatic N) is 1. The van der Waals surface area contributed by atoms with Gasteiger partial charge in [0.25, 0.3) is 5.91 Å². The molecule has 25 heavy (non-hydrogen) atoms. The van der Waals surface area contributed by atoms with E-state index >= 15 is 0 Å². The van der Waals surface area contributed by atoms with Gasteiger partial charge in [-0.3, -0.25) is 4.79 Å². The van der Waals surface area contributed by atoms with Crippen LogP contribution in [-0.2, 0) is 0 Å². The minimum absolute atomic E-state index is 0.236. The molecule has 0 radical (unpaired) electrons. The molecule has 0 bridgehead atoms. The number of nitrogens with one attached hydrogen (secondary N) is 1. The molecule has 3 rings (SSSR count). The first-order valence-corrected chi connectivity index (χ1v) is 7.60. The Morgan fingerprint density at radius 1 is 1.16 bits per heavy atom. The molecule has 1 amide bonds. The molecule has 5 nitrogen and oxygen atoms in total. The number of aromatic nitrogens is 1. The maximum Gasteiger partial charge on any atom is 0.257 e. The number of benzene rings is 2. The number of hydrogen-bond acceptors (Lipinski definition) is 4. The number of hydrogen-bond donors (Lipinski definition) is 2. The number of rotatable bonds is 4. The van der Waals surface area contributed by atoms with Crippen molar-refractivity contribution in [3.8, 4) is 11.3 Å². The highest BCUT2D eigenvalue weighted by Crippen LogP contribution is 2.28. The van der Waals surface area contributed by atoms with E-state index in [0.717, 1.165) is 5.56 Å². The Bertz CT molecular complexity index is 916. The van der Waals surface area contributed by atoms with E-state index in [1.54, 1.807) is 6.08 Å². The lowest BCUT2D eigenvalue weighted by atomic mass is 10.0. The van der Waals surface area contributed by atoms with Crippen molar-refractivity contribution in [2.45, 2.75) is 0 Å². The summed E-state index contributed by atoms with van der Waals surface area (Å²) in [6.07, 6.45) is 1.56. The van der Waals surface area contributed by atoms with Crippen molar-refractivity contribution in [3.63, 3.8) is 0 Å². The van der Waals surface area contributed by atoms with Crippen molar-refractivity contribution >= 4 is 17.7 Å². The number of nitrogens with two attached hydrogens (primary N) is 1. The quantitative estimate of drug-likeness (QED) is 0.765. The summed E-state index contributed by atoms with van der Waals surface area (Å²) in [6.45, 7) is 0. The van der Waals surface area contributed by atoms with Crippen LogP contribution in [0.2, 0.25) is 0 Å². The lowest BCUT2D eigenvalue weighted by Gasteiger charge is -2.03. The van der Waals surface area contributed by atoms with Gasteiger partial charge >= 0.3 is 0 Å². The minimum Gasteiger partial charge on any atom is -0.398 e. The second kappa shape index (κ2) is 7.00. The van der Waals surface area contributed by atoms with Gasteiger partial charge < -0.3 is 15.6 Å². The average molecular weight is 337 g/mol. The third-order valence-corrected chi connectivity index (χ3v) is 3.68. The number of carbonyl (C=O) groups is 1. The molecule has 0 spiro atoms. The van der Waals surface area contributed by atoms with Crippen LogP contribution < -0.4 is 11.1 Å². The highest BCUT2D eigenvalue weighted by molar-refractivity contribution is 6.03. The highest BCUT2D eigenvalue weighted by Gasteiger charge is 2.22. The van der Waals surface area contributed by atoms with E-state index in [9.17, 15) is 9.18 Å². The van der Waals surface area contributed by atoms with Crippen molar-refractivity contribution in [1.29, 1.82) is 0 Å². The first-order valence-electron chi connectivity index (χ1n) is 7.60. The summed E-state index contributed by atoms with van der Waals surface area (Å²) in [5.74, 6) is -0.505. The Morgan fingerprint density at radius 2 is 1.84 bits per heavy atom. The zero-order valence-corrected chi connectivity index (χ0v) is 13.5. The van der Waals surface area contributed by atoms with E-state index in [0.29, 0.717) is 17.0 Å². The van der Waals surface area contributed by atoms with Crippen LogP contribution in [0.1, 0.15) is 21.7 Å². The number of amides is 1. The summed E-state index contributed by atoms with van der Waals surface area (Å²) in [7, 11) is 1.51. The second-order valence-electron chi connectivity index (χ2n) is 5.32. The van der Waals surface area contributed by atoms with E-state index in [4.69, 9.17) is 10.3 Å². The molecule has 0 aliphatic carbocycles. The van der Waals surface area contributed by atoms with Crippen molar-refractivity contribution < 1.29 is 13.7 Å². The first kappa shape index (κ1) is 16.4. The number of carbonyl (C=O) groups excluding carboxylic acids is 1. The second-order valence-corrected chi connectivity index (χ2v) is 5.32. The summed E-state index contributed by atoms with van der Waals surface area (Å²) in [5, 5.41) is 6.53. The lowest BCUT2D eigenvalue weighted by molar-refractivity contribution is 0.0963. The van der Waals surface area contributed by atoms with Crippen LogP contribution >= 0.6 is 0 Å². The Hall–Kier alpha value is -3.41. The van der Waals surface area contributed by atoms with E-state index in [1.807, 2.05) is 30.3 Å². The molecule has 6 heteroatoms. The minimum atomic E-state index is -0.373. The first-order chi connectivity index (χ1) is 12.1. The summed E-state index contributed by atoms with van der Waals surface area (Å²) in [4.78, 5) is 12.3. The Morgan fingerprint density at radius 3 is 2.48 bits per heavy atom. The standard InChI is InChI=1S/C19H16FN3O2/c1-22-19(24)17-16(11-15(21)12-5-3-2-4-6-12)25-23-18(17)13-7-9-14(20)10-8-13/h2-11H,21H2,1H3,(H,22,24). The van der Waals surface area contributed by atoms with Crippen LogP contribution in [0.3, 0.4) is 0 Å². The van der Waals surface area contributed by atoms with Crippen LogP contribution in [0.5, 0.6) is 0 Å². The van der Waals surface area contributed by atoms with Crippen molar-refractivity contribution in [2.24, 2.45) is 5.73 Å². The van der Waals surface area contributed by atoms with Gasteiger partial charge in [-0.1, -0.05) is 35.5 Å². The summed E-state index contributed by atoms with van der Waals surface area (Å²) in [6, 6.07) is 15.0. The summed E-state index contributed by atoms with van der Waals surface area (Å²) >= 11 is 0. The highest BCUT2D eigenvalue weighted by atomic mass is 19.1. The Balaban J connectivity index is 2.09. The number of halogens is 1. The molecule has 0 fully saturated rings. The van der Waals surface area contributed by atoms with Crippen LogP contribution in [0.15, 0.2) is 59.1 Å². The molecule has 3 N–H and O–H groups in total. The van der Waals surface area contributed by atoms with Gasteiger partial charge in [0.05, 0.1) is 0 Å². The van der Waals surface area contributed by atoms with E-state index < -0.39 is 0 Å². The third-order valence-electron chi connectivity index (χ3n) is 3.68. The van der Waals surface area contributed by atoms with E-state index in [1.165, 1.54) is 31.3 Å². The van der Waals surface area contributed by atoms with Crippen LogP contribution in [-0.4, -0.2) is 18.1 Å².